The van der Waals surface area contributed by atoms with Gasteiger partial charge in [0.2, 0.25) is 6.39 Å². The smallest absolute Gasteiger partial charge is 0.251 e. The van der Waals surface area contributed by atoms with Gasteiger partial charge in [0.1, 0.15) is 0 Å². The molecular weight excluding hydrogens is 275 g/mol. The van der Waals surface area contributed by atoms with E-state index in [9.17, 15) is 4.79 Å². The molecule has 0 fully saturated rings. The lowest BCUT2D eigenvalue weighted by Gasteiger charge is -2.02. The second-order valence-electron chi connectivity index (χ2n) is 3.50. The highest BCUT2D eigenvalue weighted by molar-refractivity contribution is 6.43. The van der Waals surface area contributed by atoms with E-state index in [4.69, 9.17) is 27.6 Å². The molecule has 2 aromatic rings. The minimum atomic E-state index is -0.199. The van der Waals surface area contributed by atoms with Crippen LogP contribution < -0.4 is 0 Å². The Balaban J connectivity index is 2.52. The Bertz CT molecular complexity index is 607. The van der Waals surface area contributed by atoms with Crippen LogP contribution in [0.25, 0.3) is 11.6 Å². The van der Waals surface area contributed by atoms with Gasteiger partial charge in [-0.1, -0.05) is 35.3 Å². The summed E-state index contributed by atoms with van der Waals surface area (Å²) in [6, 6.07) is 5.15. The fraction of sp³-hybridized carbons (Fsp3) is 0.0833. The third kappa shape index (κ3) is 2.60. The van der Waals surface area contributed by atoms with Crippen molar-refractivity contribution >= 4 is 40.6 Å². The second kappa shape index (κ2) is 5.33. The molecule has 4 nitrogen and oxygen atoms in total. The molecule has 1 aromatic heterocycles. The molecule has 0 saturated heterocycles. The summed E-state index contributed by atoms with van der Waals surface area (Å²) < 4.78 is 5.01. The van der Waals surface area contributed by atoms with Crippen LogP contribution in [0.4, 0.5) is 0 Å². The lowest BCUT2D eigenvalue weighted by molar-refractivity contribution is -0.111. The van der Waals surface area contributed by atoms with E-state index in [0.29, 0.717) is 15.6 Å². The second-order valence-corrected chi connectivity index (χ2v) is 4.29. The van der Waals surface area contributed by atoms with Crippen LogP contribution in [0.3, 0.4) is 0 Å². The first-order valence-corrected chi connectivity index (χ1v) is 5.78. The van der Waals surface area contributed by atoms with Crippen molar-refractivity contribution in [2.24, 2.45) is 0 Å². The van der Waals surface area contributed by atoms with E-state index in [0.717, 1.165) is 6.39 Å². The lowest BCUT2D eigenvalue weighted by Crippen LogP contribution is -1.96. The Kier molecular flexibility index (Phi) is 3.79. The lowest BCUT2D eigenvalue weighted by atomic mass is 10.1. The van der Waals surface area contributed by atoms with Gasteiger partial charge in [-0.15, -0.1) is 10.2 Å². The molecule has 1 aromatic carbocycles. The number of aromatic nitrogens is 2. The molecule has 0 spiro atoms. The molecule has 0 unspecified atom stereocenters. The molecule has 0 aliphatic carbocycles. The number of benzene rings is 1. The van der Waals surface area contributed by atoms with E-state index in [1.54, 1.807) is 24.3 Å². The molecule has 92 valence electrons. The molecule has 0 aliphatic heterocycles. The van der Waals surface area contributed by atoms with Crippen LogP contribution in [-0.4, -0.2) is 16.0 Å². The maximum Gasteiger partial charge on any atom is 0.251 e. The Labute approximate surface area is 113 Å². The van der Waals surface area contributed by atoms with Gasteiger partial charge in [-0.2, -0.15) is 0 Å². The van der Waals surface area contributed by atoms with E-state index in [1.807, 2.05) is 0 Å². The van der Waals surface area contributed by atoms with Gasteiger partial charge in [0, 0.05) is 0 Å². The Morgan fingerprint density at radius 1 is 1.39 bits per heavy atom. The molecule has 0 amide bonds. The average molecular weight is 283 g/mol. The molecule has 18 heavy (non-hydrogen) atoms. The summed E-state index contributed by atoms with van der Waals surface area (Å²) in [6.45, 7) is 1.41. The molecule has 6 heteroatoms. The van der Waals surface area contributed by atoms with E-state index in [-0.39, 0.29) is 17.2 Å². The van der Waals surface area contributed by atoms with E-state index in [1.165, 1.54) is 6.92 Å². The number of nitrogens with zero attached hydrogens (tertiary/aromatic N) is 2. The number of hydrogen-bond acceptors (Lipinski definition) is 4. The van der Waals surface area contributed by atoms with E-state index >= 15 is 0 Å². The number of hydrogen-bond donors (Lipinski definition) is 0. The standard InChI is InChI=1S/C12H8Cl2N2O2/c1-7(17)9(12-16-15-6-18-12)5-8-3-2-4-10(13)11(8)14/h2-6H,1H3/b9-5+. The highest BCUT2D eigenvalue weighted by Gasteiger charge is 2.14. The number of ketones is 1. The average Bonchev–Trinajstić information content (AvgIpc) is 2.84. The fourth-order valence-electron chi connectivity index (χ4n) is 1.39. The summed E-state index contributed by atoms with van der Waals surface area (Å²) in [4.78, 5) is 11.6. The van der Waals surface area contributed by atoms with Crippen LogP contribution in [0.1, 0.15) is 18.4 Å². The molecular formula is C12H8Cl2N2O2. The van der Waals surface area contributed by atoms with Gasteiger partial charge in [0.25, 0.3) is 5.89 Å². The zero-order valence-corrected chi connectivity index (χ0v) is 10.9. The van der Waals surface area contributed by atoms with Crippen molar-refractivity contribution in [2.75, 3.05) is 0 Å². The first kappa shape index (κ1) is 12.8. The monoisotopic (exact) mass is 282 g/mol. The number of rotatable bonds is 3. The van der Waals surface area contributed by atoms with Gasteiger partial charge in [-0.3, -0.25) is 4.79 Å². The molecule has 0 bridgehead atoms. The Morgan fingerprint density at radius 3 is 2.78 bits per heavy atom. The van der Waals surface area contributed by atoms with Crippen molar-refractivity contribution in [3.8, 4) is 0 Å². The van der Waals surface area contributed by atoms with Crippen LogP contribution in [0.5, 0.6) is 0 Å². The van der Waals surface area contributed by atoms with Gasteiger partial charge in [-0.25, -0.2) is 0 Å². The zero-order valence-electron chi connectivity index (χ0n) is 9.35. The Morgan fingerprint density at radius 2 is 2.17 bits per heavy atom. The zero-order chi connectivity index (χ0) is 13.1. The number of Topliss-reactive ketones (excluding diaryl/α,β-unsaturated/α-hetero) is 1. The fourth-order valence-corrected chi connectivity index (χ4v) is 1.75. The summed E-state index contributed by atoms with van der Waals surface area (Å²) in [5, 5.41) is 8.03. The molecule has 0 aliphatic rings. The maximum absolute atomic E-state index is 11.6. The molecule has 0 radical (unpaired) electrons. The first-order chi connectivity index (χ1) is 8.59. The van der Waals surface area contributed by atoms with Crippen molar-refractivity contribution in [2.45, 2.75) is 6.92 Å². The van der Waals surface area contributed by atoms with Crippen LogP contribution in [0.15, 0.2) is 29.0 Å². The van der Waals surface area contributed by atoms with Crippen LogP contribution >= 0.6 is 23.2 Å². The highest BCUT2D eigenvalue weighted by Crippen LogP contribution is 2.28. The summed E-state index contributed by atoms with van der Waals surface area (Å²) in [6.07, 6.45) is 2.73. The third-order valence-corrected chi connectivity index (χ3v) is 3.08. The highest BCUT2D eigenvalue weighted by atomic mass is 35.5. The summed E-state index contributed by atoms with van der Waals surface area (Å²) in [7, 11) is 0. The van der Waals surface area contributed by atoms with Gasteiger partial charge < -0.3 is 4.42 Å². The minimum absolute atomic E-state index is 0.151. The number of carbonyl (C=O) groups is 1. The maximum atomic E-state index is 11.6. The largest absolute Gasteiger partial charge is 0.423 e. The van der Waals surface area contributed by atoms with Crippen molar-refractivity contribution in [3.05, 3.63) is 46.1 Å². The van der Waals surface area contributed by atoms with Crippen molar-refractivity contribution in [1.82, 2.24) is 10.2 Å². The molecule has 0 N–H and O–H groups in total. The van der Waals surface area contributed by atoms with Crippen LogP contribution in [-0.2, 0) is 4.79 Å². The molecule has 0 atom stereocenters. The minimum Gasteiger partial charge on any atom is -0.423 e. The first-order valence-electron chi connectivity index (χ1n) is 5.03. The van der Waals surface area contributed by atoms with E-state index < -0.39 is 0 Å². The third-order valence-electron chi connectivity index (χ3n) is 2.25. The quantitative estimate of drug-likeness (QED) is 0.809. The van der Waals surface area contributed by atoms with E-state index in [2.05, 4.69) is 10.2 Å². The van der Waals surface area contributed by atoms with Crippen LogP contribution in [0.2, 0.25) is 10.0 Å². The number of halogens is 2. The topological polar surface area (TPSA) is 56.0 Å². The van der Waals surface area contributed by atoms with Crippen molar-refractivity contribution < 1.29 is 9.21 Å². The van der Waals surface area contributed by atoms with Crippen LogP contribution in [0, 0.1) is 0 Å². The number of carbonyl (C=O) groups excluding carboxylic acids is 1. The molecule has 2 rings (SSSR count). The van der Waals surface area contributed by atoms with Crippen molar-refractivity contribution in [1.29, 1.82) is 0 Å². The number of allylic oxidation sites excluding steroid dienone is 1. The summed E-state index contributed by atoms with van der Waals surface area (Å²) >= 11 is 12.0. The Hall–Kier alpha value is -1.65. The molecule has 0 saturated carbocycles. The normalized spacial score (nSPS) is 11.6. The summed E-state index contributed by atoms with van der Waals surface area (Å²) in [5.74, 6) is -0.0474. The summed E-state index contributed by atoms with van der Waals surface area (Å²) in [5.41, 5.74) is 0.907. The van der Waals surface area contributed by atoms with Gasteiger partial charge in [0.05, 0.1) is 15.6 Å². The SMILES string of the molecule is CC(=O)/C(=C\c1cccc(Cl)c1Cl)c1nnco1. The van der Waals surface area contributed by atoms with Crippen molar-refractivity contribution in [3.63, 3.8) is 0 Å². The molecule has 1 heterocycles. The van der Waals surface area contributed by atoms with Gasteiger partial charge in [0.15, 0.2) is 5.78 Å². The predicted molar refractivity (Wildman–Crippen MR) is 69.3 cm³/mol. The predicted octanol–water partition coefficient (Wildman–Crippen LogP) is 3.51. The van der Waals surface area contributed by atoms with Gasteiger partial charge >= 0.3 is 0 Å². The van der Waals surface area contributed by atoms with Gasteiger partial charge in [-0.05, 0) is 24.6 Å².